The van der Waals surface area contributed by atoms with Crippen LogP contribution in [0.5, 0.6) is 0 Å². The van der Waals surface area contributed by atoms with E-state index >= 15 is 8.78 Å². The van der Waals surface area contributed by atoms with Crippen LogP contribution < -0.4 is 15.5 Å². The van der Waals surface area contributed by atoms with Crippen LogP contribution in [-0.4, -0.2) is 39.5 Å². The first-order valence-corrected chi connectivity index (χ1v) is 16.9. The second-order valence-electron chi connectivity index (χ2n) is 13.1. The van der Waals surface area contributed by atoms with Crippen LogP contribution in [0.2, 0.25) is 20.1 Å². The van der Waals surface area contributed by atoms with Crippen LogP contribution in [0.1, 0.15) is 63.4 Å². The molecule has 4 amide bonds. The first-order chi connectivity index (χ1) is 22.9. The fourth-order valence-electron chi connectivity index (χ4n) is 4.70. The Bertz CT molecular complexity index is 1850. The van der Waals surface area contributed by atoms with Gasteiger partial charge in [-0.3, -0.25) is 9.59 Å². The number of hydrogen-bond donors (Lipinski definition) is 2. The van der Waals surface area contributed by atoms with E-state index in [0.717, 1.165) is 6.07 Å². The molecule has 4 rings (SSSR count). The highest BCUT2D eigenvalue weighted by molar-refractivity contribution is 6.54. The Labute approximate surface area is 316 Å². The molecule has 0 aromatic heterocycles. The van der Waals surface area contributed by atoms with Gasteiger partial charge in [-0.1, -0.05) is 46.4 Å². The average Bonchev–Trinajstić information content (AvgIpc) is 3.54. The number of alkyl halides is 2. The highest BCUT2D eigenvalue weighted by Crippen LogP contribution is 2.65. The minimum Gasteiger partial charge on any atom is -0.443 e. The molecule has 268 valence electrons. The molecule has 0 heterocycles. The number of ether oxygens (including phenoxy) is 2. The average molecular weight is 814 g/mol. The number of benzene rings is 3. The smallest absolute Gasteiger partial charge is 0.424 e. The molecule has 3 aromatic carbocycles. The first-order valence-electron chi connectivity index (χ1n) is 14.6. The van der Waals surface area contributed by atoms with Crippen molar-refractivity contribution >= 4 is 111 Å². The highest BCUT2D eigenvalue weighted by Gasteiger charge is 2.67. The number of rotatable bonds is 6. The number of carbonyl (C=O) groups excluding carboxylic acids is 4. The van der Waals surface area contributed by atoms with Crippen molar-refractivity contribution in [3.63, 3.8) is 0 Å². The molecule has 1 saturated carbocycles. The molecule has 1 aliphatic rings. The zero-order chi connectivity index (χ0) is 37.7. The van der Waals surface area contributed by atoms with Crippen molar-refractivity contribution in [1.29, 1.82) is 0 Å². The number of carbonyl (C=O) groups is 4. The molecule has 0 saturated heterocycles. The van der Waals surface area contributed by atoms with E-state index in [1.165, 1.54) is 71.9 Å². The van der Waals surface area contributed by atoms with Gasteiger partial charge in [0.2, 0.25) is 5.91 Å². The van der Waals surface area contributed by atoms with Crippen molar-refractivity contribution in [2.24, 2.45) is 5.92 Å². The quantitative estimate of drug-likeness (QED) is 0.189. The molecule has 1 fully saturated rings. The van der Waals surface area contributed by atoms with Crippen molar-refractivity contribution in [2.45, 2.75) is 63.0 Å². The maximum Gasteiger partial charge on any atom is 0.424 e. The number of halogens is 8. The lowest BCUT2D eigenvalue weighted by molar-refractivity contribution is -0.117. The van der Waals surface area contributed by atoms with Crippen molar-refractivity contribution in [3.05, 3.63) is 85.3 Å². The minimum absolute atomic E-state index is 0.0906. The maximum absolute atomic E-state index is 15.2. The Morgan fingerprint density at radius 1 is 0.760 bits per heavy atom. The summed E-state index contributed by atoms with van der Waals surface area (Å²) in [6, 6.07) is 7.97. The Balaban J connectivity index is 1.60. The summed E-state index contributed by atoms with van der Waals surface area (Å²) in [5, 5.41) is 5.18. The molecule has 1 unspecified atom stereocenters. The van der Waals surface area contributed by atoms with Crippen LogP contribution in [0.3, 0.4) is 0 Å². The molecule has 0 bridgehead atoms. The first kappa shape index (κ1) is 39.7. The van der Waals surface area contributed by atoms with Crippen molar-refractivity contribution < 1.29 is 37.4 Å². The van der Waals surface area contributed by atoms with E-state index < -0.39 is 74.4 Å². The molecular formula is C33H29Cl6F2N3O6. The molecule has 2 N–H and O–H groups in total. The van der Waals surface area contributed by atoms with E-state index in [0.29, 0.717) is 11.6 Å². The van der Waals surface area contributed by atoms with Gasteiger partial charge in [0.15, 0.2) is 5.82 Å². The monoisotopic (exact) mass is 811 g/mol. The third-order valence-corrected chi connectivity index (χ3v) is 9.32. The number of nitrogens with zero attached hydrogens (tertiary/aromatic N) is 1. The Kier molecular flexibility index (Phi) is 11.5. The highest BCUT2D eigenvalue weighted by atomic mass is 35.5. The summed E-state index contributed by atoms with van der Waals surface area (Å²) in [6.45, 7) is 9.09. The standard InChI is InChI=1S/C33H29Cl6F2N3O6/c1-31(2,3)49-29(47)44(30(48)50-32(4,5)6)23-13-22(20(40)12-21(23)41)43-27(45)16-11-15(7-8-17(16)34)42-28(46)25-24(33(25,38)39)14-9-18(35)26(37)19(36)10-14/h7-13,24-25H,1-6H3,(H,42,46)(H,43,45)/t24-,25?/m0/s1. The van der Waals surface area contributed by atoms with Gasteiger partial charge in [-0.2, -0.15) is 4.90 Å². The molecule has 0 radical (unpaired) electrons. The summed E-state index contributed by atoms with van der Waals surface area (Å²) >= 11 is 37.5. The fourth-order valence-corrected chi connectivity index (χ4v) is 6.34. The largest absolute Gasteiger partial charge is 0.443 e. The second-order valence-corrected chi connectivity index (χ2v) is 16.2. The van der Waals surface area contributed by atoms with E-state index in [-0.39, 0.29) is 36.2 Å². The summed E-state index contributed by atoms with van der Waals surface area (Å²) in [5.74, 6) is -5.87. The second kappa shape index (κ2) is 14.5. The van der Waals surface area contributed by atoms with E-state index in [1.807, 2.05) is 0 Å². The van der Waals surface area contributed by atoms with E-state index in [4.69, 9.17) is 79.1 Å². The molecule has 2 atom stereocenters. The Hall–Kier alpha value is -3.06. The summed E-state index contributed by atoms with van der Waals surface area (Å²) in [4.78, 5) is 53.0. The van der Waals surface area contributed by atoms with Gasteiger partial charge in [0, 0.05) is 17.7 Å². The van der Waals surface area contributed by atoms with Crippen LogP contribution in [-0.2, 0) is 14.3 Å². The van der Waals surface area contributed by atoms with Gasteiger partial charge < -0.3 is 20.1 Å². The van der Waals surface area contributed by atoms with Crippen molar-refractivity contribution in [3.8, 4) is 0 Å². The predicted octanol–water partition coefficient (Wildman–Crippen LogP) is 11.0. The van der Waals surface area contributed by atoms with Gasteiger partial charge in [-0.05, 0) is 83.5 Å². The molecule has 1 aliphatic carbocycles. The van der Waals surface area contributed by atoms with Crippen LogP contribution >= 0.6 is 69.6 Å². The lowest BCUT2D eigenvalue weighted by Crippen LogP contribution is -2.44. The maximum atomic E-state index is 15.2. The summed E-state index contributed by atoms with van der Waals surface area (Å²) in [5.41, 5.74) is -3.31. The molecule has 0 spiro atoms. The lowest BCUT2D eigenvalue weighted by atomic mass is 10.1. The van der Waals surface area contributed by atoms with E-state index in [1.54, 1.807) is 0 Å². The van der Waals surface area contributed by atoms with Crippen molar-refractivity contribution in [1.82, 2.24) is 0 Å². The zero-order valence-corrected chi connectivity index (χ0v) is 31.7. The topological polar surface area (TPSA) is 114 Å². The van der Waals surface area contributed by atoms with Crippen LogP contribution in [0.15, 0.2) is 42.5 Å². The minimum atomic E-state index is -1.53. The van der Waals surface area contributed by atoms with Gasteiger partial charge >= 0.3 is 12.2 Å². The molecule has 3 aromatic rings. The Morgan fingerprint density at radius 2 is 1.30 bits per heavy atom. The fraction of sp³-hybridized carbons (Fsp3) is 0.333. The van der Waals surface area contributed by atoms with Gasteiger partial charge in [0.05, 0.1) is 42.9 Å². The van der Waals surface area contributed by atoms with E-state index in [2.05, 4.69) is 10.6 Å². The number of amides is 4. The SMILES string of the molecule is CC(C)(C)OC(=O)N(C(=O)OC(C)(C)C)c1cc(NC(=O)c2cc(NC(=O)C3[C@H](c4cc(Cl)c(Cl)c(Cl)c4)C3(Cl)Cl)ccc2Cl)c(F)cc1F. The van der Waals surface area contributed by atoms with Gasteiger partial charge in [-0.25, -0.2) is 18.4 Å². The number of hydrogen-bond acceptors (Lipinski definition) is 6. The van der Waals surface area contributed by atoms with Gasteiger partial charge in [-0.15, -0.1) is 23.2 Å². The number of nitrogens with one attached hydrogen (secondary N) is 2. The third-order valence-electron chi connectivity index (χ3n) is 6.86. The molecule has 17 heteroatoms. The predicted molar refractivity (Wildman–Crippen MR) is 191 cm³/mol. The molecule has 0 aliphatic heterocycles. The van der Waals surface area contributed by atoms with E-state index in [9.17, 15) is 19.2 Å². The summed E-state index contributed by atoms with van der Waals surface area (Å²) < 4.78 is 39.2. The summed E-state index contributed by atoms with van der Waals surface area (Å²) in [6.07, 6.45) is -2.64. The number of imide groups is 1. The van der Waals surface area contributed by atoms with Crippen molar-refractivity contribution in [2.75, 3.05) is 15.5 Å². The van der Waals surface area contributed by atoms with Crippen LogP contribution in [0.4, 0.5) is 35.4 Å². The third kappa shape index (κ3) is 9.05. The summed E-state index contributed by atoms with van der Waals surface area (Å²) in [7, 11) is 0. The Morgan fingerprint density at radius 3 is 1.82 bits per heavy atom. The molecule has 50 heavy (non-hydrogen) atoms. The zero-order valence-electron chi connectivity index (χ0n) is 27.1. The number of anilines is 3. The van der Waals surface area contributed by atoms with Gasteiger partial charge in [0.1, 0.15) is 21.4 Å². The normalized spacial score (nSPS) is 16.7. The molecular weight excluding hydrogens is 785 g/mol. The molecule has 9 nitrogen and oxygen atoms in total. The van der Waals surface area contributed by atoms with Gasteiger partial charge in [0.25, 0.3) is 5.91 Å². The van der Waals surface area contributed by atoms with Crippen LogP contribution in [0.25, 0.3) is 0 Å². The lowest BCUT2D eigenvalue weighted by Gasteiger charge is -2.29. The van der Waals surface area contributed by atoms with Crippen LogP contribution in [0, 0.1) is 17.6 Å².